The molecule has 0 fully saturated rings. The standard InChI is InChI=1S/C13H13N7O/c1-9-6-11(20-21-9)17-13-18-12(8-16-19-13)15-7-10-4-2-3-5-14-10/h2-6,8H,7H2,1H3,(H2,15,17,18,19,20). The van der Waals surface area contributed by atoms with Crippen LogP contribution < -0.4 is 10.6 Å². The Labute approximate surface area is 120 Å². The number of nitrogens with one attached hydrogen (secondary N) is 2. The molecule has 0 saturated carbocycles. The first-order valence-electron chi connectivity index (χ1n) is 6.33. The molecule has 2 N–H and O–H groups in total. The van der Waals surface area contributed by atoms with Crippen molar-refractivity contribution in [2.24, 2.45) is 0 Å². The summed E-state index contributed by atoms with van der Waals surface area (Å²) in [6, 6.07) is 7.48. The Bertz CT molecular complexity index is 713. The Balaban J connectivity index is 1.65. The number of rotatable bonds is 5. The highest BCUT2D eigenvalue weighted by Gasteiger charge is 2.04. The van der Waals surface area contributed by atoms with Gasteiger partial charge in [0.05, 0.1) is 18.4 Å². The molecule has 21 heavy (non-hydrogen) atoms. The first-order valence-corrected chi connectivity index (χ1v) is 6.33. The van der Waals surface area contributed by atoms with Crippen LogP contribution >= 0.6 is 0 Å². The van der Waals surface area contributed by atoms with Gasteiger partial charge in [-0.05, 0) is 19.1 Å². The molecule has 0 atom stereocenters. The third-order valence-electron chi connectivity index (χ3n) is 2.60. The molecule has 106 valence electrons. The van der Waals surface area contributed by atoms with E-state index in [1.165, 1.54) is 0 Å². The Hall–Kier alpha value is -3.03. The maximum absolute atomic E-state index is 4.96. The third kappa shape index (κ3) is 3.50. The summed E-state index contributed by atoms with van der Waals surface area (Å²) >= 11 is 0. The second-order valence-electron chi connectivity index (χ2n) is 4.29. The monoisotopic (exact) mass is 283 g/mol. The molecule has 0 unspecified atom stereocenters. The van der Waals surface area contributed by atoms with Crippen LogP contribution in [0.4, 0.5) is 17.6 Å². The number of pyridine rings is 1. The van der Waals surface area contributed by atoms with Crippen molar-refractivity contribution in [2.75, 3.05) is 10.6 Å². The zero-order valence-electron chi connectivity index (χ0n) is 11.3. The molecule has 0 saturated heterocycles. The maximum atomic E-state index is 4.96. The van der Waals surface area contributed by atoms with E-state index in [4.69, 9.17) is 4.52 Å². The average Bonchev–Trinajstić information content (AvgIpc) is 2.92. The molecule has 0 radical (unpaired) electrons. The van der Waals surface area contributed by atoms with E-state index in [0.717, 1.165) is 5.69 Å². The maximum Gasteiger partial charge on any atom is 0.250 e. The van der Waals surface area contributed by atoms with Gasteiger partial charge in [0.1, 0.15) is 5.76 Å². The molecular formula is C13H13N7O. The summed E-state index contributed by atoms with van der Waals surface area (Å²) in [5, 5.41) is 17.6. The van der Waals surface area contributed by atoms with Gasteiger partial charge in [-0.1, -0.05) is 11.2 Å². The van der Waals surface area contributed by atoms with E-state index >= 15 is 0 Å². The lowest BCUT2D eigenvalue weighted by Crippen LogP contribution is -2.06. The number of nitrogens with zero attached hydrogens (tertiary/aromatic N) is 5. The Morgan fingerprint density at radius 1 is 1.24 bits per heavy atom. The summed E-state index contributed by atoms with van der Waals surface area (Å²) < 4.78 is 4.96. The highest BCUT2D eigenvalue weighted by atomic mass is 16.5. The van der Waals surface area contributed by atoms with Gasteiger partial charge in [0, 0.05) is 12.3 Å². The number of anilines is 3. The number of aryl methyl sites for hydroxylation is 1. The molecule has 3 heterocycles. The molecule has 0 bridgehead atoms. The molecule has 0 aliphatic carbocycles. The topological polar surface area (TPSA) is 102 Å². The van der Waals surface area contributed by atoms with Gasteiger partial charge in [-0.15, -0.1) is 5.10 Å². The summed E-state index contributed by atoms with van der Waals surface area (Å²) in [6.45, 7) is 2.37. The fourth-order valence-electron chi connectivity index (χ4n) is 1.67. The van der Waals surface area contributed by atoms with Crippen LogP contribution in [0.1, 0.15) is 11.5 Å². The molecular weight excluding hydrogens is 270 g/mol. The highest BCUT2D eigenvalue weighted by Crippen LogP contribution is 2.13. The van der Waals surface area contributed by atoms with Crippen LogP contribution in [0.25, 0.3) is 0 Å². The van der Waals surface area contributed by atoms with E-state index < -0.39 is 0 Å². The summed E-state index contributed by atoms with van der Waals surface area (Å²) in [6.07, 6.45) is 3.29. The van der Waals surface area contributed by atoms with E-state index in [1.807, 2.05) is 25.1 Å². The van der Waals surface area contributed by atoms with Crippen molar-refractivity contribution in [2.45, 2.75) is 13.5 Å². The predicted molar refractivity (Wildman–Crippen MR) is 75.9 cm³/mol. The van der Waals surface area contributed by atoms with E-state index in [0.29, 0.717) is 29.9 Å². The van der Waals surface area contributed by atoms with E-state index in [9.17, 15) is 0 Å². The van der Waals surface area contributed by atoms with Crippen LogP contribution in [-0.4, -0.2) is 25.3 Å². The van der Waals surface area contributed by atoms with Crippen LogP contribution in [0.15, 0.2) is 41.2 Å². The quantitative estimate of drug-likeness (QED) is 0.732. The Morgan fingerprint density at radius 2 is 2.19 bits per heavy atom. The molecule has 0 aromatic carbocycles. The first-order chi connectivity index (χ1) is 10.3. The van der Waals surface area contributed by atoms with Gasteiger partial charge in [-0.3, -0.25) is 4.98 Å². The first kappa shape index (κ1) is 13.0. The van der Waals surface area contributed by atoms with Gasteiger partial charge in [-0.2, -0.15) is 10.1 Å². The largest absolute Gasteiger partial charge is 0.363 e. The third-order valence-corrected chi connectivity index (χ3v) is 2.60. The Kier molecular flexibility index (Phi) is 3.68. The van der Waals surface area contributed by atoms with Crippen molar-refractivity contribution in [3.05, 3.63) is 48.1 Å². The molecule has 8 nitrogen and oxygen atoms in total. The SMILES string of the molecule is Cc1cc(Nc2nncc(NCc3ccccn3)n2)no1. The second kappa shape index (κ2) is 5.95. The summed E-state index contributed by atoms with van der Waals surface area (Å²) in [5.74, 6) is 2.18. The molecule has 0 aliphatic rings. The van der Waals surface area contributed by atoms with Crippen LogP contribution in [0.5, 0.6) is 0 Å². The fourth-order valence-corrected chi connectivity index (χ4v) is 1.67. The Morgan fingerprint density at radius 3 is 2.95 bits per heavy atom. The smallest absolute Gasteiger partial charge is 0.250 e. The summed E-state index contributed by atoms with van der Waals surface area (Å²) in [5.41, 5.74) is 0.915. The molecule has 3 aromatic heterocycles. The summed E-state index contributed by atoms with van der Waals surface area (Å²) in [4.78, 5) is 8.51. The number of hydrogen-bond donors (Lipinski definition) is 2. The van der Waals surface area contributed by atoms with Gasteiger partial charge < -0.3 is 15.2 Å². The zero-order chi connectivity index (χ0) is 14.5. The van der Waals surface area contributed by atoms with Crippen LogP contribution in [0, 0.1) is 6.92 Å². The van der Waals surface area contributed by atoms with Gasteiger partial charge in [0.25, 0.3) is 0 Å². The molecule has 0 amide bonds. The zero-order valence-corrected chi connectivity index (χ0v) is 11.3. The van der Waals surface area contributed by atoms with Crippen molar-refractivity contribution >= 4 is 17.6 Å². The number of aromatic nitrogens is 5. The van der Waals surface area contributed by atoms with E-state index in [-0.39, 0.29) is 0 Å². The van der Waals surface area contributed by atoms with Crippen LogP contribution in [0.2, 0.25) is 0 Å². The molecule has 0 spiro atoms. The van der Waals surface area contributed by atoms with Crippen molar-refractivity contribution in [1.29, 1.82) is 0 Å². The molecule has 3 rings (SSSR count). The molecule has 8 heteroatoms. The lowest BCUT2D eigenvalue weighted by molar-refractivity contribution is 0.400. The number of hydrogen-bond acceptors (Lipinski definition) is 8. The van der Waals surface area contributed by atoms with Gasteiger partial charge in [0.2, 0.25) is 5.95 Å². The molecule has 3 aromatic rings. The summed E-state index contributed by atoms with van der Waals surface area (Å²) in [7, 11) is 0. The van der Waals surface area contributed by atoms with Gasteiger partial charge in [-0.25, -0.2) is 0 Å². The lowest BCUT2D eigenvalue weighted by Gasteiger charge is -2.05. The van der Waals surface area contributed by atoms with Crippen LogP contribution in [0.3, 0.4) is 0 Å². The van der Waals surface area contributed by atoms with Gasteiger partial charge >= 0.3 is 0 Å². The average molecular weight is 283 g/mol. The molecule has 0 aliphatic heterocycles. The minimum absolute atomic E-state index is 0.342. The van der Waals surface area contributed by atoms with Crippen molar-refractivity contribution in [3.63, 3.8) is 0 Å². The fraction of sp³-hybridized carbons (Fsp3) is 0.154. The normalized spacial score (nSPS) is 10.3. The lowest BCUT2D eigenvalue weighted by atomic mass is 10.3. The van der Waals surface area contributed by atoms with Crippen molar-refractivity contribution in [3.8, 4) is 0 Å². The van der Waals surface area contributed by atoms with E-state index in [1.54, 1.807) is 18.5 Å². The van der Waals surface area contributed by atoms with Crippen molar-refractivity contribution in [1.82, 2.24) is 25.3 Å². The second-order valence-corrected chi connectivity index (χ2v) is 4.29. The van der Waals surface area contributed by atoms with Gasteiger partial charge in [0.15, 0.2) is 11.6 Å². The minimum Gasteiger partial charge on any atom is -0.363 e. The highest BCUT2D eigenvalue weighted by molar-refractivity contribution is 5.48. The van der Waals surface area contributed by atoms with Crippen molar-refractivity contribution < 1.29 is 4.52 Å². The van der Waals surface area contributed by atoms with Crippen LogP contribution in [-0.2, 0) is 6.54 Å². The predicted octanol–water partition coefficient (Wildman–Crippen LogP) is 1.92. The van der Waals surface area contributed by atoms with E-state index in [2.05, 4.69) is 36.0 Å². The minimum atomic E-state index is 0.342.